The van der Waals surface area contributed by atoms with E-state index in [4.69, 9.17) is 0 Å². The first-order valence-electron chi connectivity index (χ1n) is 7.85. The fourth-order valence-electron chi connectivity index (χ4n) is 2.61. The third kappa shape index (κ3) is 5.48. The maximum absolute atomic E-state index is 11.7. The van der Waals surface area contributed by atoms with Crippen molar-refractivity contribution in [2.24, 2.45) is 0 Å². The molecule has 0 atom stereocenters. The van der Waals surface area contributed by atoms with E-state index in [0.717, 1.165) is 12.2 Å². The maximum Gasteiger partial charge on any atom is 0.306 e. The molecule has 0 radical (unpaired) electrons. The average Bonchev–Trinajstić information content (AvgIpc) is 2.55. The first kappa shape index (κ1) is 16.5. The Balaban J connectivity index is 1.78. The Morgan fingerprint density at radius 2 is 1.77 bits per heavy atom. The smallest absolute Gasteiger partial charge is 0.306 e. The van der Waals surface area contributed by atoms with Gasteiger partial charge in [-0.05, 0) is 43.6 Å². The second-order valence-electron chi connectivity index (χ2n) is 5.66. The standard InChI is InChI=1S/C17H24N2O3/c1-22-17(21)10-9-16(20)18-15-7-5-14(6-8-15)13-19-11-3-2-4-12-19/h5-8H,2-4,9-13H2,1H3,(H,18,20). The van der Waals surface area contributed by atoms with E-state index in [9.17, 15) is 9.59 Å². The van der Waals surface area contributed by atoms with Crippen LogP contribution < -0.4 is 5.32 Å². The molecule has 1 saturated heterocycles. The molecule has 1 heterocycles. The number of anilines is 1. The number of carbonyl (C=O) groups is 2. The molecule has 0 aliphatic carbocycles. The van der Waals surface area contributed by atoms with Gasteiger partial charge in [0.25, 0.3) is 0 Å². The minimum Gasteiger partial charge on any atom is -0.469 e. The molecule has 0 saturated carbocycles. The number of hydrogen-bond donors (Lipinski definition) is 1. The number of amides is 1. The number of benzene rings is 1. The Bertz CT molecular complexity index is 493. The van der Waals surface area contributed by atoms with E-state index >= 15 is 0 Å². The third-order valence-corrected chi connectivity index (χ3v) is 3.88. The first-order chi connectivity index (χ1) is 10.7. The monoisotopic (exact) mass is 304 g/mol. The second-order valence-corrected chi connectivity index (χ2v) is 5.66. The lowest BCUT2D eigenvalue weighted by atomic mass is 10.1. The molecule has 0 unspecified atom stereocenters. The van der Waals surface area contributed by atoms with Gasteiger partial charge in [-0.2, -0.15) is 0 Å². The van der Waals surface area contributed by atoms with Crippen LogP contribution in [-0.4, -0.2) is 37.0 Å². The zero-order chi connectivity index (χ0) is 15.8. The van der Waals surface area contributed by atoms with Gasteiger partial charge in [-0.1, -0.05) is 18.6 Å². The lowest BCUT2D eigenvalue weighted by Gasteiger charge is -2.26. The van der Waals surface area contributed by atoms with Gasteiger partial charge >= 0.3 is 5.97 Å². The van der Waals surface area contributed by atoms with Gasteiger partial charge in [0.05, 0.1) is 13.5 Å². The zero-order valence-electron chi connectivity index (χ0n) is 13.1. The minimum absolute atomic E-state index is 0.107. The van der Waals surface area contributed by atoms with Crippen LogP contribution in [0.25, 0.3) is 0 Å². The summed E-state index contributed by atoms with van der Waals surface area (Å²) < 4.78 is 4.52. The molecular formula is C17H24N2O3. The van der Waals surface area contributed by atoms with Crippen molar-refractivity contribution in [2.75, 3.05) is 25.5 Å². The lowest BCUT2D eigenvalue weighted by Crippen LogP contribution is -2.29. The molecule has 1 aromatic rings. The van der Waals surface area contributed by atoms with Crippen LogP contribution in [0.1, 0.15) is 37.7 Å². The number of nitrogens with one attached hydrogen (secondary N) is 1. The van der Waals surface area contributed by atoms with E-state index in [1.165, 1.54) is 45.0 Å². The van der Waals surface area contributed by atoms with Crippen LogP contribution in [-0.2, 0) is 20.9 Å². The van der Waals surface area contributed by atoms with Gasteiger partial charge in [0.1, 0.15) is 0 Å². The fraction of sp³-hybridized carbons (Fsp3) is 0.529. The van der Waals surface area contributed by atoms with Crippen LogP contribution in [0.5, 0.6) is 0 Å². The molecule has 1 aliphatic rings. The molecule has 0 spiro atoms. The molecule has 5 nitrogen and oxygen atoms in total. The summed E-state index contributed by atoms with van der Waals surface area (Å²) in [6.45, 7) is 3.31. The Hall–Kier alpha value is -1.88. The van der Waals surface area contributed by atoms with Crippen LogP contribution >= 0.6 is 0 Å². The predicted molar refractivity (Wildman–Crippen MR) is 85.4 cm³/mol. The number of piperidine rings is 1. The highest BCUT2D eigenvalue weighted by Crippen LogP contribution is 2.15. The number of nitrogens with zero attached hydrogens (tertiary/aromatic N) is 1. The molecule has 1 N–H and O–H groups in total. The van der Waals surface area contributed by atoms with Crippen LogP contribution in [0, 0.1) is 0 Å². The van der Waals surface area contributed by atoms with Gasteiger partial charge in [0.15, 0.2) is 0 Å². The zero-order valence-corrected chi connectivity index (χ0v) is 13.1. The first-order valence-corrected chi connectivity index (χ1v) is 7.85. The van der Waals surface area contributed by atoms with Crippen LogP contribution in [0.15, 0.2) is 24.3 Å². The van der Waals surface area contributed by atoms with Crippen LogP contribution in [0.2, 0.25) is 0 Å². The highest BCUT2D eigenvalue weighted by atomic mass is 16.5. The summed E-state index contributed by atoms with van der Waals surface area (Å²) in [4.78, 5) is 25.2. The number of rotatable bonds is 6. The van der Waals surface area contributed by atoms with E-state index in [1.807, 2.05) is 24.3 Å². The normalized spacial score (nSPS) is 15.3. The molecule has 1 aromatic carbocycles. The molecule has 0 aromatic heterocycles. The quantitative estimate of drug-likeness (QED) is 0.821. The van der Waals surface area contributed by atoms with Gasteiger partial charge < -0.3 is 10.1 Å². The van der Waals surface area contributed by atoms with Crippen molar-refractivity contribution < 1.29 is 14.3 Å². The highest BCUT2D eigenvalue weighted by molar-refractivity contribution is 5.92. The average molecular weight is 304 g/mol. The molecule has 1 aliphatic heterocycles. The molecule has 5 heteroatoms. The number of ether oxygens (including phenoxy) is 1. The van der Waals surface area contributed by atoms with Gasteiger partial charge in [-0.3, -0.25) is 14.5 Å². The van der Waals surface area contributed by atoms with E-state index in [1.54, 1.807) is 0 Å². The van der Waals surface area contributed by atoms with E-state index in [0.29, 0.717) is 0 Å². The molecule has 2 rings (SSSR count). The van der Waals surface area contributed by atoms with Crippen molar-refractivity contribution in [3.8, 4) is 0 Å². The van der Waals surface area contributed by atoms with Crippen molar-refractivity contribution >= 4 is 17.6 Å². The molecule has 0 bridgehead atoms. The van der Waals surface area contributed by atoms with Crippen LogP contribution in [0.4, 0.5) is 5.69 Å². The van der Waals surface area contributed by atoms with Crippen molar-refractivity contribution in [1.82, 2.24) is 4.90 Å². The van der Waals surface area contributed by atoms with Crippen molar-refractivity contribution in [3.05, 3.63) is 29.8 Å². The van der Waals surface area contributed by atoms with Crippen LogP contribution in [0.3, 0.4) is 0 Å². The van der Waals surface area contributed by atoms with Crippen molar-refractivity contribution in [3.63, 3.8) is 0 Å². The van der Waals surface area contributed by atoms with Gasteiger partial charge in [0.2, 0.25) is 5.91 Å². The Morgan fingerprint density at radius 3 is 2.41 bits per heavy atom. The summed E-state index contributed by atoms with van der Waals surface area (Å²) in [7, 11) is 1.32. The predicted octanol–water partition coefficient (Wildman–Crippen LogP) is 2.56. The number of esters is 1. The molecule has 1 fully saturated rings. The molecular weight excluding hydrogens is 280 g/mol. The minimum atomic E-state index is -0.368. The van der Waals surface area contributed by atoms with E-state index in [-0.39, 0.29) is 24.7 Å². The van der Waals surface area contributed by atoms with Crippen molar-refractivity contribution in [2.45, 2.75) is 38.6 Å². The van der Waals surface area contributed by atoms with Gasteiger partial charge in [-0.25, -0.2) is 0 Å². The summed E-state index contributed by atoms with van der Waals surface area (Å²) in [6, 6.07) is 7.92. The third-order valence-electron chi connectivity index (χ3n) is 3.88. The maximum atomic E-state index is 11.7. The van der Waals surface area contributed by atoms with E-state index in [2.05, 4.69) is 15.0 Å². The summed E-state index contributed by atoms with van der Waals surface area (Å²) in [5.74, 6) is -0.541. The lowest BCUT2D eigenvalue weighted by molar-refractivity contribution is -0.141. The Labute approximate surface area is 131 Å². The SMILES string of the molecule is COC(=O)CCC(=O)Nc1ccc(CN2CCCCC2)cc1. The van der Waals surface area contributed by atoms with Gasteiger partial charge in [0, 0.05) is 18.7 Å². The largest absolute Gasteiger partial charge is 0.469 e. The molecule has 22 heavy (non-hydrogen) atoms. The second kappa shape index (κ2) is 8.54. The van der Waals surface area contributed by atoms with Gasteiger partial charge in [-0.15, -0.1) is 0 Å². The number of likely N-dealkylation sites (tertiary alicyclic amines) is 1. The number of methoxy groups -OCH3 is 1. The topological polar surface area (TPSA) is 58.6 Å². The fourth-order valence-corrected chi connectivity index (χ4v) is 2.61. The highest BCUT2D eigenvalue weighted by Gasteiger charge is 2.11. The molecule has 1 amide bonds. The Morgan fingerprint density at radius 1 is 1.09 bits per heavy atom. The Kier molecular flexibility index (Phi) is 6.40. The summed E-state index contributed by atoms with van der Waals surface area (Å²) in [5.41, 5.74) is 2.02. The summed E-state index contributed by atoms with van der Waals surface area (Å²) >= 11 is 0. The summed E-state index contributed by atoms with van der Waals surface area (Å²) in [6.07, 6.45) is 4.16. The number of hydrogen-bond acceptors (Lipinski definition) is 4. The van der Waals surface area contributed by atoms with Crippen molar-refractivity contribution in [1.29, 1.82) is 0 Å². The summed E-state index contributed by atoms with van der Waals surface area (Å²) in [5, 5.41) is 2.79. The number of carbonyl (C=O) groups excluding carboxylic acids is 2. The van der Waals surface area contributed by atoms with E-state index < -0.39 is 0 Å². The molecule has 120 valence electrons.